The molecule has 0 bridgehead atoms. The molecule has 0 spiro atoms. The van der Waals surface area contributed by atoms with Crippen LogP contribution in [0.4, 0.5) is 0 Å². The summed E-state index contributed by atoms with van der Waals surface area (Å²) in [6.45, 7) is 3.75. The highest BCUT2D eigenvalue weighted by atomic mass is 32.2. The molecule has 0 aliphatic carbocycles. The van der Waals surface area contributed by atoms with E-state index in [-0.39, 0.29) is 5.91 Å². The van der Waals surface area contributed by atoms with Crippen molar-refractivity contribution in [1.29, 1.82) is 0 Å². The maximum absolute atomic E-state index is 13.0. The first-order valence-corrected chi connectivity index (χ1v) is 11.8. The molecular weight excluding hydrogens is 420 g/mol. The summed E-state index contributed by atoms with van der Waals surface area (Å²) in [5, 5.41) is 9.67. The molecule has 1 fully saturated rings. The minimum Gasteiger partial charge on any atom is -0.461 e. The lowest BCUT2D eigenvalue weighted by molar-refractivity contribution is 0.0792. The summed E-state index contributed by atoms with van der Waals surface area (Å²) in [6.07, 6.45) is 3.80. The van der Waals surface area contributed by atoms with Gasteiger partial charge in [0, 0.05) is 24.4 Å². The van der Waals surface area contributed by atoms with Crippen LogP contribution in [0.5, 0.6) is 0 Å². The molecule has 2 aromatic heterocycles. The molecule has 3 heterocycles. The van der Waals surface area contributed by atoms with Crippen molar-refractivity contribution < 1.29 is 9.21 Å². The predicted octanol–water partition coefficient (Wildman–Crippen LogP) is 5.36. The second-order valence-corrected chi connectivity index (χ2v) is 8.79. The fraction of sp³-hybridized carbons (Fsp3) is 0.240. The Bertz CT molecular complexity index is 1230. The van der Waals surface area contributed by atoms with Gasteiger partial charge in [0.1, 0.15) is 0 Å². The van der Waals surface area contributed by atoms with Gasteiger partial charge in [-0.3, -0.25) is 9.36 Å². The lowest BCUT2D eigenvalue weighted by Crippen LogP contribution is -2.28. The van der Waals surface area contributed by atoms with Crippen LogP contribution in [0.3, 0.4) is 0 Å². The molecule has 1 amide bonds. The molecule has 1 aliphatic heterocycles. The summed E-state index contributed by atoms with van der Waals surface area (Å²) in [4.78, 5) is 15.0. The Labute approximate surface area is 191 Å². The van der Waals surface area contributed by atoms with E-state index in [1.165, 1.54) is 0 Å². The summed E-state index contributed by atoms with van der Waals surface area (Å²) >= 11 is 1.57. The van der Waals surface area contributed by atoms with E-state index in [1.54, 1.807) is 18.0 Å². The van der Waals surface area contributed by atoms with Crippen molar-refractivity contribution >= 4 is 17.7 Å². The summed E-state index contributed by atoms with van der Waals surface area (Å²) in [5.74, 6) is 2.07. The predicted molar refractivity (Wildman–Crippen MR) is 125 cm³/mol. The summed E-state index contributed by atoms with van der Waals surface area (Å²) < 4.78 is 7.65. The average Bonchev–Trinajstić information content (AvgIpc) is 3.59. The van der Waals surface area contributed by atoms with E-state index >= 15 is 0 Å². The van der Waals surface area contributed by atoms with Crippen molar-refractivity contribution in [3.8, 4) is 17.3 Å². The van der Waals surface area contributed by atoms with Crippen molar-refractivity contribution in [1.82, 2.24) is 19.7 Å². The fourth-order valence-corrected chi connectivity index (χ4v) is 5.00. The number of benzene rings is 2. The van der Waals surface area contributed by atoms with Gasteiger partial charge >= 0.3 is 0 Å². The van der Waals surface area contributed by atoms with E-state index in [2.05, 4.69) is 29.3 Å². The number of carbonyl (C=O) groups is 1. The van der Waals surface area contributed by atoms with Gasteiger partial charge in [0.05, 0.1) is 12.0 Å². The van der Waals surface area contributed by atoms with E-state index in [9.17, 15) is 4.79 Å². The number of amides is 1. The van der Waals surface area contributed by atoms with Gasteiger partial charge in [0.15, 0.2) is 10.9 Å². The molecule has 162 valence electrons. The number of nitrogens with zero attached hydrogens (tertiary/aromatic N) is 4. The zero-order chi connectivity index (χ0) is 21.9. The van der Waals surface area contributed by atoms with Crippen LogP contribution in [0.1, 0.15) is 34.3 Å². The number of likely N-dealkylation sites (tertiary alicyclic amines) is 1. The molecule has 4 aromatic rings. The second kappa shape index (κ2) is 9.04. The number of para-hydroxylation sites is 1. The van der Waals surface area contributed by atoms with E-state index in [0.29, 0.717) is 17.3 Å². The Morgan fingerprint density at radius 3 is 2.56 bits per heavy atom. The van der Waals surface area contributed by atoms with Crippen LogP contribution in [-0.4, -0.2) is 38.7 Å². The van der Waals surface area contributed by atoms with Crippen LogP contribution >= 0.6 is 11.8 Å². The quantitative estimate of drug-likeness (QED) is 0.375. The molecule has 0 N–H and O–H groups in total. The first kappa shape index (κ1) is 20.6. The van der Waals surface area contributed by atoms with Gasteiger partial charge in [0.25, 0.3) is 5.91 Å². The van der Waals surface area contributed by atoms with Crippen LogP contribution in [0, 0.1) is 6.92 Å². The normalized spacial score (nSPS) is 13.6. The van der Waals surface area contributed by atoms with Gasteiger partial charge in [0.2, 0.25) is 5.82 Å². The zero-order valence-corrected chi connectivity index (χ0v) is 18.7. The van der Waals surface area contributed by atoms with E-state index in [4.69, 9.17) is 4.42 Å². The van der Waals surface area contributed by atoms with Gasteiger partial charge in [-0.1, -0.05) is 48.2 Å². The third-order valence-electron chi connectivity index (χ3n) is 5.73. The monoisotopic (exact) mass is 444 g/mol. The van der Waals surface area contributed by atoms with Gasteiger partial charge in [-0.15, -0.1) is 10.2 Å². The molecule has 2 aromatic carbocycles. The number of carbonyl (C=O) groups excluding carboxylic acids is 1. The smallest absolute Gasteiger partial charge is 0.254 e. The van der Waals surface area contributed by atoms with Crippen LogP contribution < -0.4 is 0 Å². The Balaban J connectivity index is 1.48. The molecule has 1 aliphatic rings. The summed E-state index contributed by atoms with van der Waals surface area (Å²) in [5.41, 5.74) is 3.91. The maximum Gasteiger partial charge on any atom is 0.254 e. The molecular formula is C25H24N4O2S. The Kier molecular flexibility index (Phi) is 5.81. The Morgan fingerprint density at radius 2 is 1.78 bits per heavy atom. The third-order valence-corrected chi connectivity index (χ3v) is 6.71. The van der Waals surface area contributed by atoms with Crippen LogP contribution in [0.2, 0.25) is 0 Å². The zero-order valence-electron chi connectivity index (χ0n) is 17.9. The van der Waals surface area contributed by atoms with Crippen molar-refractivity contribution in [3.05, 3.63) is 83.6 Å². The third kappa shape index (κ3) is 3.96. The van der Waals surface area contributed by atoms with Gasteiger partial charge in [-0.05, 0) is 55.2 Å². The SMILES string of the molecule is Cc1ccccc1-n1c(SCc2ccccc2C(=O)N2CCCC2)nnc1-c1ccco1. The highest BCUT2D eigenvalue weighted by Gasteiger charge is 2.23. The first-order chi connectivity index (χ1) is 15.7. The number of thioether (sulfide) groups is 1. The second-order valence-electron chi connectivity index (χ2n) is 7.85. The average molecular weight is 445 g/mol. The number of aromatic nitrogens is 3. The van der Waals surface area contributed by atoms with Crippen LogP contribution in [0.15, 0.2) is 76.5 Å². The van der Waals surface area contributed by atoms with Gasteiger partial charge < -0.3 is 9.32 Å². The van der Waals surface area contributed by atoms with Crippen molar-refractivity contribution in [3.63, 3.8) is 0 Å². The van der Waals surface area contributed by atoms with Crippen molar-refractivity contribution in [2.45, 2.75) is 30.7 Å². The van der Waals surface area contributed by atoms with Crippen molar-refractivity contribution in [2.75, 3.05) is 13.1 Å². The van der Waals surface area contributed by atoms with Crippen LogP contribution in [0.25, 0.3) is 17.3 Å². The fourth-order valence-electron chi connectivity index (χ4n) is 4.05. The van der Waals surface area contributed by atoms with Crippen molar-refractivity contribution in [2.24, 2.45) is 0 Å². The molecule has 0 atom stereocenters. The molecule has 7 heteroatoms. The minimum atomic E-state index is 0.121. The molecule has 0 unspecified atom stereocenters. The maximum atomic E-state index is 13.0. The standard InChI is InChI=1S/C25H24N4O2S/c1-18-9-2-5-12-21(18)29-23(22-13-8-16-31-22)26-27-25(29)32-17-19-10-3-4-11-20(19)24(30)28-14-6-7-15-28/h2-5,8-13,16H,6-7,14-15,17H2,1H3. The minimum absolute atomic E-state index is 0.121. The van der Waals surface area contributed by atoms with Gasteiger partial charge in [-0.2, -0.15) is 0 Å². The largest absolute Gasteiger partial charge is 0.461 e. The Hall–Kier alpha value is -3.32. The van der Waals surface area contributed by atoms with E-state index in [1.807, 2.05) is 58.0 Å². The highest BCUT2D eigenvalue weighted by Crippen LogP contribution is 2.32. The lowest BCUT2D eigenvalue weighted by atomic mass is 10.1. The van der Waals surface area contributed by atoms with Crippen LogP contribution in [-0.2, 0) is 5.75 Å². The molecule has 1 saturated heterocycles. The summed E-state index contributed by atoms with van der Waals surface area (Å²) in [7, 11) is 0. The number of hydrogen-bond acceptors (Lipinski definition) is 5. The molecule has 5 rings (SSSR count). The molecule has 6 nitrogen and oxygen atoms in total. The topological polar surface area (TPSA) is 64.2 Å². The number of aryl methyl sites for hydroxylation is 1. The molecule has 0 radical (unpaired) electrons. The number of hydrogen-bond donors (Lipinski definition) is 0. The molecule has 0 saturated carbocycles. The number of rotatable bonds is 6. The number of furan rings is 1. The molecule has 32 heavy (non-hydrogen) atoms. The van der Waals surface area contributed by atoms with E-state index < -0.39 is 0 Å². The lowest BCUT2D eigenvalue weighted by Gasteiger charge is -2.17. The Morgan fingerprint density at radius 1 is 1.00 bits per heavy atom. The summed E-state index contributed by atoms with van der Waals surface area (Å²) in [6, 6.07) is 19.8. The van der Waals surface area contributed by atoms with E-state index in [0.717, 1.165) is 53.5 Å². The van der Waals surface area contributed by atoms with Gasteiger partial charge in [-0.25, -0.2) is 0 Å². The first-order valence-electron chi connectivity index (χ1n) is 10.8. The highest BCUT2D eigenvalue weighted by molar-refractivity contribution is 7.98.